The van der Waals surface area contributed by atoms with Crippen LogP contribution < -0.4 is 10.1 Å². The number of amides is 1. The first-order chi connectivity index (χ1) is 14.1. The topological polar surface area (TPSA) is 51.2 Å². The standard InChI is InChI=1S/C24H26N2O2S/c1-16-7-8-17(2)22(13-16)28-12-11-23(27)26-24-25-21(15-29-24)20-10-9-18-5-3-4-6-19(18)14-20/h7-10,13-15H,3-6,11-12H2,1-2H3,(H,25,26,27). The monoisotopic (exact) mass is 406 g/mol. The molecule has 29 heavy (non-hydrogen) atoms. The molecule has 1 aromatic heterocycles. The molecule has 3 aromatic rings. The molecule has 1 heterocycles. The van der Waals surface area contributed by atoms with Gasteiger partial charge in [0.2, 0.25) is 5.91 Å². The van der Waals surface area contributed by atoms with Gasteiger partial charge in [-0.2, -0.15) is 0 Å². The molecule has 2 aromatic carbocycles. The van der Waals surface area contributed by atoms with Gasteiger partial charge in [0.25, 0.3) is 0 Å². The Morgan fingerprint density at radius 3 is 2.79 bits per heavy atom. The number of hydrogen-bond donors (Lipinski definition) is 1. The molecule has 0 unspecified atom stereocenters. The summed E-state index contributed by atoms with van der Waals surface area (Å²) in [5.74, 6) is 0.753. The van der Waals surface area contributed by atoms with Gasteiger partial charge < -0.3 is 10.1 Å². The van der Waals surface area contributed by atoms with Crippen molar-refractivity contribution in [3.63, 3.8) is 0 Å². The number of thiazole rings is 1. The second-order valence-electron chi connectivity index (χ2n) is 7.64. The minimum absolute atomic E-state index is 0.0818. The number of anilines is 1. The second kappa shape index (κ2) is 8.78. The fraction of sp³-hybridized carbons (Fsp3) is 0.333. The lowest BCUT2D eigenvalue weighted by Gasteiger charge is -2.16. The van der Waals surface area contributed by atoms with Crippen LogP contribution in [0.5, 0.6) is 5.75 Å². The second-order valence-corrected chi connectivity index (χ2v) is 8.50. The maximum absolute atomic E-state index is 12.3. The molecule has 0 saturated heterocycles. The lowest BCUT2D eigenvalue weighted by Crippen LogP contribution is -2.15. The number of benzene rings is 2. The zero-order valence-electron chi connectivity index (χ0n) is 17.0. The normalized spacial score (nSPS) is 13.0. The Hall–Kier alpha value is -2.66. The summed E-state index contributed by atoms with van der Waals surface area (Å²) in [7, 11) is 0. The van der Waals surface area contributed by atoms with Crippen LogP contribution in [0.25, 0.3) is 11.3 Å². The third-order valence-electron chi connectivity index (χ3n) is 5.33. The van der Waals surface area contributed by atoms with E-state index >= 15 is 0 Å². The van der Waals surface area contributed by atoms with Crippen molar-refractivity contribution in [1.29, 1.82) is 0 Å². The summed E-state index contributed by atoms with van der Waals surface area (Å²) in [6.07, 6.45) is 5.17. The fourth-order valence-electron chi connectivity index (χ4n) is 3.65. The number of carbonyl (C=O) groups is 1. The molecule has 5 heteroatoms. The largest absolute Gasteiger partial charge is 0.493 e. The van der Waals surface area contributed by atoms with E-state index in [0.717, 1.165) is 34.6 Å². The molecule has 0 spiro atoms. The number of aryl methyl sites for hydroxylation is 4. The van der Waals surface area contributed by atoms with Crippen molar-refractivity contribution in [2.24, 2.45) is 0 Å². The van der Waals surface area contributed by atoms with Gasteiger partial charge in [0, 0.05) is 10.9 Å². The van der Waals surface area contributed by atoms with Crippen LogP contribution in [0.15, 0.2) is 41.8 Å². The predicted molar refractivity (Wildman–Crippen MR) is 119 cm³/mol. The number of hydrogen-bond acceptors (Lipinski definition) is 4. The summed E-state index contributed by atoms with van der Waals surface area (Å²) in [6, 6.07) is 12.7. The summed E-state index contributed by atoms with van der Waals surface area (Å²) in [5.41, 5.74) is 7.17. The molecular formula is C24H26N2O2S. The van der Waals surface area contributed by atoms with Crippen molar-refractivity contribution in [3.05, 3.63) is 64.0 Å². The molecule has 0 fully saturated rings. The van der Waals surface area contributed by atoms with Gasteiger partial charge in [-0.05, 0) is 73.9 Å². The number of nitrogens with one attached hydrogen (secondary N) is 1. The van der Waals surface area contributed by atoms with Gasteiger partial charge in [0.15, 0.2) is 5.13 Å². The number of ether oxygens (including phenoxy) is 1. The molecule has 0 aliphatic heterocycles. The molecule has 1 aliphatic carbocycles. The lowest BCUT2D eigenvalue weighted by molar-refractivity contribution is -0.116. The van der Waals surface area contributed by atoms with Crippen molar-refractivity contribution < 1.29 is 9.53 Å². The Kier molecular flexibility index (Phi) is 5.95. The van der Waals surface area contributed by atoms with Crippen LogP contribution in [-0.4, -0.2) is 17.5 Å². The first-order valence-electron chi connectivity index (χ1n) is 10.2. The SMILES string of the molecule is Cc1ccc(C)c(OCCC(=O)Nc2nc(-c3ccc4c(c3)CCCC4)cs2)c1. The minimum Gasteiger partial charge on any atom is -0.493 e. The van der Waals surface area contributed by atoms with Crippen LogP contribution in [0.4, 0.5) is 5.13 Å². The Bertz CT molecular complexity index is 1030. The molecule has 1 aliphatic rings. The van der Waals surface area contributed by atoms with Crippen LogP contribution in [0.3, 0.4) is 0 Å². The van der Waals surface area contributed by atoms with Crippen LogP contribution in [0.2, 0.25) is 0 Å². The highest BCUT2D eigenvalue weighted by Crippen LogP contribution is 2.29. The molecule has 4 nitrogen and oxygen atoms in total. The van der Waals surface area contributed by atoms with Gasteiger partial charge in [0.05, 0.1) is 18.7 Å². The molecule has 0 radical (unpaired) electrons. The van der Waals surface area contributed by atoms with Gasteiger partial charge in [-0.15, -0.1) is 11.3 Å². The van der Waals surface area contributed by atoms with Gasteiger partial charge in [0.1, 0.15) is 5.75 Å². The number of fused-ring (bicyclic) bond motifs is 1. The highest BCUT2D eigenvalue weighted by molar-refractivity contribution is 7.14. The van der Waals surface area contributed by atoms with Crippen molar-refractivity contribution in [1.82, 2.24) is 4.98 Å². The zero-order valence-corrected chi connectivity index (χ0v) is 17.8. The van der Waals surface area contributed by atoms with Gasteiger partial charge in [-0.25, -0.2) is 4.98 Å². The number of aromatic nitrogens is 1. The Balaban J connectivity index is 1.33. The minimum atomic E-state index is -0.0818. The molecule has 0 saturated carbocycles. The summed E-state index contributed by atoms with van der Waals surface area (Å²) in [6.45, 7) is 4.38. The highest BCUT2D eigenvalue weighted by Gasteiger charge is 2.13. The molecule has 1 N–H and O–H groups in total. The number of rotatable bonds is 6. The number of nitrogens with zero attached hydrogens (tertiary/aromatic N) is 1. The molecule has 150 valence electrons. The fourth-order valence-corrected chi connectivity index (χ4v) is 4.39. The third kappa shape index (κ3) is 4.85. The van der Waals surface area contributed by atoms with E-state index in [0.29, 0.717) is 18.2 Å². The van der Waals surface area contributed by atoms with E-state index < -0.39 is 0 Å². The summed E-state index contributed by atoms with van der Waals surface area (Å²) in [4.78, 5) is 16.9. The van der Waals surface area contributed by atoms with E-state index in [1.165, 1.54) is 41.7 Å². The van der Waals surface area contributed by atoms with E-state index in [9.17, 15) is 4.79 Å². The van der Waals surface area contributed by atoms with Crippen molar-refractivity contribution in [2.75, 3.05) is 11.9 Å². The van der Waals surface area contributed by atoms with Crippen LogP contribution in [0.1, 0.15) is 41.5 Å². The van der Waals surface area contributed by atoms with Gasteiger partial charge in [-0.1, -0.05) is 24.3 Å². The van der Waals surface area contributed by atoms with E-state index in [-0.39, 0.29) is 5.91 Å². The van der Waals surface area contributed by atoms with E-state index in [1.807, 2.05) is 31.4 Å². The first-order valence-corrected chi connectivity index (χ1v) is 11.0. The highest BCUT2D eigenvalue weighted by atomic mass is 32.1. The quantitative estimate of drug-likeness (QED) is 0.570. The molecule has 4 rings (SSSR count). The van der Waals surface area contributed by atoms with E-state index in [1.54, 1.807) is 0 Å². The first kappa shape index (κ1) is 19.6. The smallest absolute Gasteiger partial charge is 0.229 e. The Morgan fingerprint density at radius 1 is 1.10 bits per heavy atom. The van der Waals surface area contributed by atoms with Crippen LogP contribution in [-0.2, 0) is 17.6 Å². The average Bonchev–Trinajstić information content (AvgIpc) is 3.18. The number of carbonyl (C=O) groups excluding carboxylic acids is 1. The Labute approximate surface area is 176 Å². The molecular weight excluding hydrogens is 380 g/mol. The van der Waals surface area contributed by atoms with Crippen LogP contribution >= 0.6 is 11.3 Å². The Morgan fingerprint density at radius 2 is 1.93 bits per heavy atom. The lowest BCUT2D eigenvalue weighted by atomic mass is 9.90. The average molecular weight is 407 g/mol. The summed E-state index contributed by atoms with van der Waals surface area (Å²) < 4.78 is 5.78. The third-order valence-corrected chi connectivity index (χ3v) is 6.08. The zero-order chi connectivity index (χ0) is 20.2. The maximum Gasteiger partial charge on any atom is 0.229 e. The maximum atomic E-state index is 12.3. The van der Waals surface area contributed by atoms with Crippen molar-refractivity contribution in [3.8, 4) is 17.0 Å². The van der Waals surface area contributed by atoms with Gasteiger partial charge >= 0.3 is 0 Å². The molecule has 0 atom stereocenters. The molecule has 0 bridgehead atoms. The van der Waals surface area contributed by atoms with E-state index in [2.05, 4.69) is 34.6 Å². The predicted octanol–water partition coefficient (Wildman–Crippen LogP) is 5.71. The van der Waals surface area contributed by atoms with Crippen molar-refractivity contribution in [2.45, 2.75) is 46.0 Å². The summed E-state index contributed by atoms with van der Waals surface area (Å²) in [5, 5.41) is 5.54. The van der Waals surface area contributed by atoms with E-state index in [4.69, 9.17) is 4.74 Å². The van der Waals surface area contributed by atoms with Gasteiger partial charge in [-0.3, -0.25) is 4.79 Å². The summed E-state index contributed by atoms with van der Waals surface area (Å²) >= 11 is 1.46. The molecule has 1 amide bonds. The van der Waals surface area contributed by atoms with Crippen LogP contribution in [0, 0.1) is 13.8 Å². The van der Waals surface area contributed by atoms with Crippen molar-refractivity contribution >= 4 is 22.4 Å².